The summed E-state index contributed by atoms with van der Waals surface area (Å²) in [7, 11) is 0. The Morgan fingerprint density at radius 3 is 2.07 bits per heavy atom. The molecular weight excluding hydrogens is 374 g/mol. The number of nitrogens with zero attached hydrogens (tertiary/aromatic N) is 1. The Kier molecular flexibility index (Phi) is 5.45. The number of hydrogen-bond acceptors (Lipinski definition) is 2. The van der Waals surface area contributed by atoms with E-state index in [0.717, 1.165) is 0 Å². The molecule has 7 heteroatoms. The minimum atomic E-state index is -4.53. The average molecular weight is 393 g/mol. The Hall–Kier alpha value is -2.83. The number of allylic oxidation sites excluding steroid dienone is 1. The van der Waals surface area contributed by atoms with Crippen molar-refractivity contribution in [2.45, 2.75) is 37.3 Å². The number of halogens is 4. The van der Waals surface area contributed by atoms with Crippen LogP contribution in [0, 0.1) is 0 Å². The molecule has 0 aromatic heterocycles. The maximum Gasteiger partial charge on any atom is 0.415 e. The van der Waals surface area contributed by atoms with Crippen molar-refractivity contribution in [3.05, 3.63) is 84.1 Å². The van der Waals surface area contributed by atoms with E-state index in [1.54, 1.807) is 60.7 Å². The fraction of sp³-hybridized carbons (Fsp3) is 0.286. The van der Waals surface area contributed by atoms with Gasteiger partial charge in [-0.25, -0.2) is 4.79 Å². The van der Waals surface area contributed by atoms with Crippen LogP contribution < -0.4 is 0 Å². The van der Waals surface area contributed by atoms with Crippen molar-refractivity contribution in [1.82, 2.24) is 4.90 Å². The zero-order valence-electron chi connectivity index (χ0n) is 15.0. The average Bonchev–Trinajstić information content (AvgIpc) is 2.82. The fourth-order valence-electron chi connectivity index (χ4n) is 3.19. The first kappa shape index (κ1) is 19.9. The molecule has 2 aromatic carbocycles. The van der Waals surface area contributed by atoms with E-state index in [1.165, 1.54) is 0 Å². The van der Waals surface area contributed by atoms with Gasteiger partial charge in [-0.15, -0.1) is 0 Å². The lowest BCUT2D eigenvalue weighted by molar-refractivity contribution is -0.178. The van der Waals surface area contributed by atoms with Crippen LogP contribution >= 0.6 is 0 Å². The van der Waals surface area contributed by atoms with Crippen LogP contribution in [-0.4, -0.2) is 28.9 Å². The standard InChI is InChI=1S/C21H19F4NO2/c1-15-20(22,23)21(24,25)18(13-12-16-8-4-2-5-9-16)26(15)19(27)28-14-17-10-6-3-7-11-17/h2-11,18H,1,12-14H2. The van der Waals surface area contributed by atoms with Gasteiger partial charge in [0.1, 0.15) is 12.6 Å². The van der Waals surface area contributed by atoms with Gasteiger partial charge in [-0.1, -0.05) is 67.2 Å². The molecule has 148 valence electrons. The summed E-state index contributed by atoms with van der Waals surface area (Å²) in [6, 6.07) is 15.1. The molecule has 3 rings (SSSR count). The molecule has 1 saturated heterocycles. The highest BCUT2D eigenvalue weighted by atomic mass is 19.3. The van der Waals surface area contributed by atoms with E-state index in [1.807, 2.05) is 0 Å². The smallest absolute Gasteiger partial charge is 0.415 e. The van der Waals surface area contributed by atoms with Crippen LogP contribution in [-0.2, 0) is 17.8 Å². The van der Waals surface area contributed by atoms with Crippen molar-refractivity contribution in [3.63, 3.8) is 0 Å². The molecular formula is C21H19F4NO2. The van der Waals surface area contributed by atoms with E-state index >= 15 is 0 Å². The van der Waals surface area contributed by atoms with Crippen molar-refractivity contribution in [2.75, 3.05) is 0 Å². The molecule has 0 N–H and O–H groups in total. The van der Waals surface area contributed by atoms with Crippen molar-refractivity contribution in [3.8, 4) is 0 Å². The molecule has 0 spiro atoms. The Labute approximate surface area is 160 Å². The minimum absolute atomic E-state index is 0.104. The maximum absolute atomic E-state index is 14.5. The Balaban J connectivity index is 1.78. The van der Waals surface area contributed by atoms with Crippen LogP contribution in [0.5, 0.6) is 0 Å². The number of hydrogen-bond donors (Lipinski definition) is 0. The van der Waals surface area contributed by atoms with E-state index in [4.69, 9.17) is 4.74 Å². The molecule has 1 unspecified atom stereocenters. The number of ether oxygens (including phenoxy) is 1. The molecule has 28 heavy (non-hydrogen) atoms. The van der Waals surface area contributed by atoms with Gasteiger partial charge in [0.25, 0.3) is 0 Å². The number of aryl methyl sites for hydroxylation is 1. The van der Waals surface area contributed by atoms with Gasteiger partial charge in [0.15, 0.2) is 0 Å². The normalized spacial score (nSPS) is 20.2. The molecule has 1 aliphatic heterocycles. The fourth-order valence-corrected chi connectivity index (χ4v) is 3.19. The summed E-state index contributed by atoms with van der Waals surface area (Å²) in [5.74, 6) is -8.97. The number of amides is 1. The first-order chi connectivity index (χ1) is 13.2. The summed E-state index contributed by atoms with van der Waals surface area (Å²) in [4.78, 5) is 12.7. The van der Waals surface area contributed by atoms with Crippen molar-refractivity contribution in [1.29, 1.82) is 0 Å². The number of carbonyl (C=O) groups is 1. The predicted octanol–water partition coefficient (Wildman–Crippen LogP) is 5.42. The quantitative estimate of drug-likeness (QED) is 0.635. The molecule has 0 aliphatic carbocycles. The maximum atomic E-state index is 14.5. The van der Waals surface area contributed by atoms with Crippen LogP contribution in [0.25, 0.3) is 0 Å². The van der Waals surface area contributed by atoms with Crippen LogP contribution in [0.1, 0.15) is 17.5 Å². The van der Waals surface area contributed by atoms with Crippen molar-refractivity contribution in [2.24, 2.45) is 0 Å². The zero-order valence-corrected chi connectivity index (χ0v) is 15.0. The van der Waals surface area contributed by atoms with E-state index in [-0.39, 0.29) is 19.4 Å². The van der Waals surface area contributed by atoms with Gasteiger partial charge in [0, 0.05) is 0 Å². The van der Waals surface area contributed by atoms with Gasteiger partial charge in [0.2, 0.25) is 0 Å². The molecule has 0 radical (unpaired) electrons. The topological polar surface area (TPSA) is 29.5 Å². The van der Waals surface area contributed by atoms with Crippen LogP contribution in [0.2, 0.25) is 0 Å². The summed E-state index contributed by atoms with van der Waals surface area (Å²) >= 11 is 0. The number of benzene rings is 2. The van der Waals surface area contributed by atoms with Gasteiger partial charge in [-0.05, 0) is 24.0 Å². The highest BCUT2D eigenvalue weighted by Crippen LogP contribution is 2.52. The summed E-state index contributed by atoms with van der Waals surface area (Å²) in [6.07, 6.45) is -1.51. The summed E-state index contributed by atoms with van der Waals surface area (Å²) in [5, 5.41) is 0. The van der Waals surface area contributed by atoms with Crippen LogP contribution in [0.3, 0.4) is 0 Å². The lowest BCUT2D eigenvalue weighted by Crippen LogP contribution is -2.46. The molecule has 0 saturated carbocycles. The highest BCUT2D eigenvalue weighted by Gasteiger charge is 2.72. The Bertz CT molecular complexity index is 840. The van der Waals surface area contributed by atoms with E-state index < -0.39 is 29.7 Å². The van der Waals surface area contributed by atoms with Gasteiger partial charge in [-0.3, -0.25) is 4.90 Å². The second-order valence-electron chi connectivity index (χ2n) is 6.59. The first-order valence-electron chi connectivity index (χ1n) is 8.74. The highest BCUT2D eigenvalue weighted by molar-refractivity contribution is 5.72. The Morgan fingerprint density at radius 1 is 0.964 bits per heavy atom. The third-order valence-electron chi connectivity index (χ3n) is 4.75. The number of rotatable bonds is 5. The number of carbonyl (C=O) groups excluding carboxylic acids is 1. The zero-order chi connectivity index (χ0) is 20.4. The molecule has 3 nitrogen and oxygen atoms in total. The van der Waals surface area contributed by atoms with Crippen molar-refractivity contribution < 1.29 is 27.1 Å². The van der Waals surface area contributed by atoms with Crippen LogP contribution in [0.15, 0.2) is 72.9 Å². The van der Waals surface area contributed by atoms with Gasteiger partial charge < -0.3 is 4.74 Å². The monoisotopic (exact) mass is 393 g/mol. The van der Waals surface area contributed by atoms with Crippen molar-refractivity contribution >= 4 is 6.09 Å². The van der Waals surface area contributed by atoms with Gasteiger partial charge in [-0.2, -0.15) is 17.6 Å². The second kappa shape index (κ2) is 7.66. The lowest BCUT2D eigenvalue weighted by atomic mass is 10.00. The SMILES string of the molecule is C=C1N(C(=O)OCc2ccccc2)C(CCc2ccccc2)C(F)(F)C1(F)F. The van der Waals surface area contributed by atoms with E-state index in [2.05, 4.69) is 6.58 Å². The molecule has 1 heterocycles. The summed E-state index contributed by atoms with van der Waals surface area (Å²) < 4.78 is 62.2. The van der Waals surface area contributed by atoms with Gasteiger partial charge in [0.05, 0.1) is 5.70 Å². The summed E-state index contributed by atoms with van der Waals surface area (Å²) in [6.45, 7) is 2.84. The first-order valence-corrected chi connectivity index (χ1v) is 8.74. The predicted molar refractivity (Wildman–Crippen MR) is 96.1 cm³/mol. The van der Waals surface area contributed by atoms with E-state index in [9.17, 15) is 22.4 Å². The molecule has 1 fully saturated rings. The molecule has 1 amide bonds. The minimum Gasteiger partial charge on any atom is -0.444 e. The number of alkyl halides is 4. The van der Waals surface area contributed by atoms with Gasteiger partial charge >= 0.3 is 17.9 Å². The molecule has 2 aromatic rings. The molecule has 1 atom stereocenters. The number of likely N-dealkylation sites (tertiary alicyclic amines) is 1. The summed E-state index contributed by atoms with van der Waals surface area (Å²) in [5.41, 5.74) is 0.0744. The largest absolute Gasteiger partial charge is 0.444 e. The van der Waals surface area contributed by atoms with E-state index in [0.29, 0.717) is 16.0 Å². The lowest BCUT2D eigenvalue weighted by Gasteiger charge is -2.26. The van der Waals surface area contributed by atoms with Crippen LogP contribution in [0.4, 0.5) is 22.4 Å². The third kappa shape index (κ3) is 3.61. The molecule has 0 bridgehead atoms. The second-order valence-corrected chi connectivity index (χ2v) is 6.59. The Morgan fingerprint density at radius 2 is 1.50 bits per heavy atom. The molecule has 1 aliphatic rings. The third-order valence-corrected chi connectivity index (χ3v) is 4.75.